The lowest BCUT2D eigenvalue weighted by atomic mass is 9.87. The highest BCUT2D eigenvalue weighted by atomic mass is 14.2. The number of benzene rings is 12. The first-order chi connectivity index (χ1) is 28.8. The highest BCUT2D eigenvalue weighted by molar-refractivity contribution is 6.24. The maximum Gasteiger partial charge on any atom is -0.00923 e. The number of rotatable bonds is 4. The van der Waals surface area contributed by atoms with Crippen molar-refractivity contribution in [1.29, 1.82) is 0 Å². The summed E-state index contributed by atoms with van der Waals surface area (Å²) in [5.74, 6) is 0. The summed E-state index contributed by atoms with van der Waals surface area (Å²) < 4.78 is 0. The van der Waals surface area contributed by atoms with E-state index in [9.17, 15) is 0 Å². The third-order valence-corrected chi connectivity index (χ3v) is 12.4. The molecule has 0 bridgehead atoms. The van der Waals surface area contributed by atoms with Crippen LogP contribution in [-0.4, -0.2) is 0 Å². The largest absolute Gasteiger partial charge is 0.0616 e. The fraction of sp³-hybridized carbons (Fsp3) is 0. The summed E-state index contributed by atoms with van der Waals surface area (Å²) in [6.45, 7) is 0. The van der Waals surface area contributed by atoms with Crippen LogP contribution in [0.5, 0.6) is 0 Å². The van der Waals surface area contributed by atoms with Crippen molar-refractivity contribution in [1.82, 2.24) is 0 Å². The lowest BCUT2D eigenvalue weighted by molar-refractivity contribution is 1.63. The molecule has 12 aromatic rings. The van der Waals surface area contributed by atoms with Gasteiger partial charge in [0.25, 0.3) is 0 Å². The van der Waals surface area contributed by atoms with Crippen molar-refractivity contribution in [3.05, 3.63) is 218 Å². The molecule has 0 nitrogen and oxygen atoms in total. The van der Waals surface area contributed by atoms with E-state index < -0.39 is 0 Å². The molecule has 0 radical (unpaired) electrons. The topological polar surface area (TPSA) is 0 Å². The van der Waals surface area contributed by atoms with E-state index in [1.807, 2.05) is 0 Å². The molecule has 0 heterocycles. The zero-order valence-electron chi connectivity index (χ0n) is 31.8. The van der Waals surface area contributed by atoms with Gasteiger partial charge < -0.3 is 0 Å². The molecule has 12 rings (SSSR count). The molecule has 0 unspecified atom stereocenters. The normalized spacial score (nSPS) is 11.8. The molecule has 0 saturated carbocycles. The molecule has 58 heavy (non-hydrogen) atoms. The highest BCUT2D eigenvalue weighted by Gasteiger charge is 2.16. The van der Waals surface area contributed by atoms with Gasteiger partial charge in [-0.25, -0.2) is 0 Å². The third-order valence-electron chi connectivity index (χ3n) is 12.4. The SMILES string of the molecule is c1ccc2c(c1)cc(-c1ccc(-c3cc4c5ccccc5c(-c5ccc(-c6cc7ccccc7c7ccccc67)cc5)cc4c4ccccc34)cc1)c1ccccc12. The van der Waals surface area contributed by atoms with Crippen LogP contribution in [0.3, 0.4) is 0 Å². The van der Waals surface area contributed by atoms with Gasteiger partial charge in [-0.05, 0) is 144 Å². The van der Waals surface area contributed by atoms with Crippen LogP contribution in [0, 0.1) is 0 Å². The summed E-state index contributed by atoms with van der Waals surface area (Å²) in [6.07, 6.45) is 0. The van der Waals surface area contributed by atoms with Crippen LogP contribution in [0.4, 0.5) is 0 Å². The molecule has 268 valence electrons. The van der Waals surface area contributed by atoms with E-state index in [1.54, 1.807) is 0 Å². The molecular formula is C58H36. The third kappa shape index (κ3) is 5.09. The first-order valence-corrected chi connectivity index (χ1v) is 20.2. The van der Waals surface area contributed by atoms with Crippen molar-refractivity contribution >= 4 is 75.4 Å². The predicted molar refractivity (Wildman–Crippen MR) is 251 cm³/mol. The summed E-state index contributed by atoms with van der Waals surface area (Å²) in [4.78, 5) is 0. The molecule has 0 aliphatic carbocycles. The molecular weight excluding hydrogens is 697 g/mol. The van der Waals surface area contributed by atoms with Crippen LogP contribution < -0.4 is 0 Å². The summed E-state index contributed by atoms with van der Waals surface area (Å²) >= 11 is 0. The van der Waals surface area contributed by atoms with Crippen LogP contribution in [0.15, 0.2) is 218 Å². The van der Waals surface area contributed by atoms with E-state index >= 15 is 0 Å². The van der Waals surface area contributed by atoms with Gasteiger partial charge in [-0.3, -0.25) is 0 Å². The molecule has 0 aliphatic rings. The Morgan fingerprint density at radius 2 is 0.379 bits per heavy atom. The summed E-state index contributed by atoms with van der Waals surface area (Å²) in [5.41, 5.74) is 9.93. The van der Waals surface area contributed by atoms with Gasteiger partial charge in [-0.15, -0.1) is 0 Å². The molecule has 0 aromatic heterocycles. The Balaban J connectivity index is 0.993. The summed E-state index contributed by atoms with van der Waals surface area (Å²) in [5, 5.41) is 17.9. The van der Waals surface area contributed by atoms with E-state index in [1.165, 1.54) is 120 Å². The minimum absolute atomic E-state index is 1.22. The molecule has 0 fully saturated rings. The van der Waals surface area contributed by atoms with Crippen LogP contribution in [0.25, 0.3) is 120 Å². The van der Waals surface area contributed by atoms with Gasteiger partial charge in [0.1, 0.15) is 0 Å². The lowest BCUT2D eigenvalue weighted by Crippen LogP contribution is -1.90. The molecule has 0 spiro atoms. The van der Waals surface area contributed by atoms with Crippen molar-refractivity contribution in [3.63, 3.8) is 0 Å². The number of fused-ring (bicyclic) bond motifs is 11. The maximum atomic E-state index is 2.43. The van der Waals surface area contributed by atoms with Crippen LogP contribution in [0.2, 0.25) is 0 Å². The second kappa shape index (κ2) is 13.0. The van der Waals surface area contributed by atoms with Crippen LogP contribution >= 0.6 is 0 Å². The Kier molecular flexibility index (Phi) is 7.33. The van der Waals surface area contributed by atoms with Crippen LogP contribution in [0.1, 0.15) is 0 Å². The van der Waals surface area contributed by atoms with Gasteiger partial charge >= 0.3 is 0 Å². The van der Waals surface area contributed by atoms with Gasteiger partial charge in [-0.2, -0.15) is 0 Å². The van der Waals surface area contributed by atoms with E-state index in [0.717, 1.165) is 0 Å². The Hall–Kier alpha value is -7.54. The minimum atomic E-state index is 1.22. The molecule has 0 saturated heterocycles. The van der Waals surface area contributed by atoms with Gasteiger partial charge in [0.2, 0.25) is 0 Å². The average Bonchev–Trinajstić information content (AvgIpc) is 3.30. The van der Waals surface area contributed by atoms with Crippen molar-refractivity contribution in [2.75, 3.05) is 0 Å². The fourth-order valence-electron chi connectivity index (χ4n) is 9.67. The molecule has 12 aromatic carbocycles. The van der Waals surface area contributed by atoms with Crippen molar-refractivity contribution in [2.24, 2.45) is 0 Å². The van der Waals surface area contributed by atoms with E-state index in [4.69, 9.17) is 0 Å². The van der Waals surface area contributed by atoms with E-state index in [0.29, 0.717) is 0 Å². The quantitative estimate of drug-likeness (QED) is 0.158. The first-order valence-electron chi connectivity index (χ1n) is 20.2. The van der Waals surface area contributed by atoms with Crippen LogP contribution in [-0.2, 0) is 0 Å². The average molecular weight is 733 g/mol. The van der Waals surface area contributed by atoms with E-state index in [2.05, 4.69) is 218 Å². The zero-order chi connectivity index (χ0) is 38.2. The second-order valence-corrected chi connectivity index (χ2v) is 15.6. The fourth-order valence-corrected chi connectivity index (χ4v) is 9.67. The molecule has 0 amide bonds. The zero-order valence-corrected chi connectivity index (χ0v) is 31.8. The predicted octanol–water partition coefficient (Wildman–Crippen LogP) is 16.4. The Morgan fingerprint density at radius 3 is 0.690 bits per heavy atom. The summed E-state index contributed by atoms with van der Waals surface area (Å²) in [6, 6.07) is 80.9. The smallest absolute Gasteiger partial charge is 0.00923 e. The second-order valence-electron chi connectivity index (χ2n) is 15.6. The monoisotopic (exact) mass is 732 g/mol. The Labute approximate surface area is 336 Å². The number of hydrogen-bond donors (Lipinski definition) is 0. The van der Waals surface area contributed by atoms with Gasteiger partial charge in [0.15, 0.2) is 0 Å². The molecule has 0 atom stereocenters. The minimum Gasteiger partial charge on any atom is -0.0616 e. The van der Waals surface area contributed by atoms with Gasteiger partial charge in [-0.1, -0.05) is 194 Å². The lowest BCUT2D eigenvalue weighted by Gasteiger charge is -2.17. The Morgan fingerprint density at radius 1 is 0.155 bits per heavy atom. The maximum absolute atomic E-state index is 2.43. The van der Waals surface area contributed by atoms with Crippen molar-refractivity contribution < 1.29 is 0 Å². The highest BCUT2D eigenvalue weighted by Crippen LogP contribution is 2.43. The first kappa shape index (κ1) is 32.7. The van der Waals surface area contributed by atoms with Gasteiger partial charge in [0, 0.05) is 0 Å². The molecule has 0 N–H and O–H groups in total. The van der Waals surface area contributed by atoms with E-state index in [-0.39, 0.29) is 0 Å². The molecule has 0 aliphatic heterocycles. The van der Waals surface area contributed by atoms with Gasteiger partial charge in [0.05, 0.1) is 0 Å². The van der Waals surface area contributed by atoms with Crippen molar-refractivity contribution in [3.8, 4) is 44.5 Å². The standard InChI is InChI=1S/C58H36/c1-3-15-43-41(13-1)33-53(47-19-7-5-17-45(43)47)37-25-29-39(30-26-37)55-35-57-52-24-12-10-22-50(52)56(36-58(57)51-23-11-9-21-49(51)55)40-31-27-38(28-32-40)54-34-42-14-2-4-16-44(42)46-18-6-8-20-48(46)54/h1-36H. The Bertz CT molecular complexity index is 3350. The van der Waals surface area contributed by atoms with Crippen molar-refractivity contribution in [2.45, 2.75) is 0 Å². The summed E-state index contributed by atoms with van der Waals surface area (Å²) in [7, 11) is 0. The number of hydrogen-bond acceptors (Lipinski definition) is 0. The molecule has 0 heteroatoms.